The minimum atomic E-state index is -0.0747. The molecule has 1 aromatic carbocycles. The number of anilines is 1. The van der Waals surface area contributed by atoms with E-state index in [0.717, 1.165) is 44.7 Å². The van der Waals surface area contributed by atoms with E-state index in [4.69, 9.17) is 11.6 Å². The third kappa shape index (κ3) is 3.97. The summed E-state index contributed by atoms with van der Waals surface area (Å²) in [7, 11) is 0. The molecule has 7 heteroatoms. The van der Waals surface area contributed by atoms with Gasteiger partial charge in [-0.25, -0.2) is 0 Å². The molecule has 2 fully saturated rings. The zero-order valence-corrected chi connectivity index (χ0v) is 16.4. The molecule has 2 saturated heterocycles. The Bertz CT molecular complexity index is 874. The number of pyridine rings is 1. The number of carbonyl (C=O) groups excluding carboxylic acids is 2. The molecule has 0 atom stereocenters. The van der Waals surface area contributed by atoms with E-state index in [-0.39, 0.29) is 11.8 Å². The number of amides is 2. The summed E-state index contributed by atoms with van der Waals surface area (Å²) < 4.78 is 0. The molecule has 0 radical (unpaired) electrons. The summed E-state index contributed by atoms with van der Waals surface area (Å²) in [6.45, 7) is 4.29. The van der Waals surface area contributed by atoms with E-state index in [9.17, 15) is 9.59 Å². The summed E-state index contributed by atoms with van der Waals surface area (Å²) in [5.41, 5.74) is 2.03. The maximum atomic E-state index is 12.9. The van der Waals surface area contributed by atoms with E-state index in [1.54, 1.807) is 18.5 Å². The van der Waals surface area contributed by atoms with Crippen LogP contribution >= 0.6 is 11.6 Å². The van der Waals surface area contributed by atoms with Crippen LogP contribution in [0.5, 0.6) is 0 Å². The van der Waals surface area contributed by atoms with Gasteiger partial charge in [0.25, 0.3) is 11.8 Å². The van der Waals surface area contributed by atoms with Crippen molar-refractivity contribution in [1.82, 2.24) is 14.8 Å². The van der Waals surface area contributed by atoms with Crippen LogP contribution in [0.15, 0.2) is 42.7 Å². The molecule has 28 heavy (non-hydrogen) atoms. The normalized spacial score (nSPS) is 17.1. The SMILES string of the molecule is O=C(c1cncc(C(=O)N2CCN(c3cccc(Cl)c3)CC2)c1)N1CCCC1. The molecule has 0 saturated carbocycles. The highest BCUT2D eigenvalue weighted by Crippen LogP contribution is 2.21. The third-order valence-electron chi connectivity index (χ3n) is 5.37. The molecule has 4 rings (SSSR count). The number of aromatic nitrogens is 1. The van der Waals surface area contributed by atoms with Gasteiger partial charge in [-0.2, -0.15) is 0 Å². The van der Waals surface area contributed by atoms with Crippen LogP contribution in [0.25, 0.3) is 0 Å². The number of hydrogen-bond acceptors (Lipinski definition) is 4. The van der Waals surface area contributed by atoms with Gasteiger partial charge in [-0.3, -0.25) is 14.6 Å². The lowest BCUT2D eigenvalue weighted by Crippen LogP contribution is -2.48. The first-order valence-electron chi connectivity index (χ1n) is 9.66. The summed E-state index contributed by atoms with van der Waals surface area (Å²) in [5, 5.41) is 0.710. The highest BCUT2D eigenvalue weighted by Gasteiger charge is 2.25. The average molecular weight is 399 g/mol. The van der Waals surface area contributed by atoms with Crippen molar-refractivity contribution in [2.45, 2.75) is 12.8 Å². The van der Waals surface area contributed by atoms with E-state index >= 15 is 0 Å². The Labute approximate surface area is 169 Å². The third-order valence-corrected chi connectivity index (χ3v) is 5.60. The van der Waals surface area contributed by atoms with Gasteiger partial charge >= 0.3 is 0 Å². The lowest BCUT2D eigenvalue weighted by atomic mass is 10.1. The largest absolute Gasteiger partial charge is 0.368 e. The maximum absolute atomic E-state index is 12.9. The van der Waals surface area contributed by atoms with Gasteiger partial charge in [0.1, 0.15) is 0 Å². The fourth-order valence-electron chi connectivity index (χ4n) is 3.80. The number of carbonyl (C=O) groups is 2. The molecule has 146 valence electrons. The molecule has 0 unspecified atom stereocenters. The number of hydrogen-bond donors (Lipinski definition) is 0. The highest BCUT2D eigenvalue weighted by atomic mass is 35.5. The van der Waals surface area contributed by atoms with E-state index in [1.165, 1.54) is 0 Å². The molecule has 0 aliphatic carbocycles. The zero-order chi connectivity index (χ0) is 19.5. The Morgan fingerprint density at radius 1 is 0.821 bits per heavy atom. The van der Waals surface area contributed by atoms with Gasteiger partial charge in [0.05, 0.1) is 11.1 Å². The molecule has 1 aromatic heterocycles. The number of likely N-dealkylation sites (tertiary alicyclic amines) is 1. The summed E-state index contributed by atoms with van der Waals surface area (Å²) in [4.78, 5) is 35.5. The molecule has 0 bridgehead atoms. The smallest absolute Gasteiger partial charge is 0.255 e. The van der Waals surface area contributed by atoms with Gasteiger partial charge in [-0.15, -0.1) is 0 Å². The van der Waals surface area contributed by atoms with Gasteiger partial charge in [0.15, 0.2) is 0 Å². The lowest BCUT2D eigenvalue weighted by Gasteiger charge is -2.36. The Hall–Kier alpha value is -2.60. The van der Waals surface area contributed by atoms with Gasteiger partial charge in [0, 0.05) is 62.4 Å². The van der Waals surface area contributed by atoms with E-state index in [0.29, 0.717) is 29.2 Å². The summed E-state index contributed by atoms with van der Waals surface area (Å²) in [6.07, 6.45) is 5.17. The molecule has 2 aromatic rings. The van der Waals surface area contributed by atoms with Gasteiger partial charge in [-0.05, 0) is 37.1 Å². The van der Waals surface area contributed by atoms with Crippen molar-refractivity contribution >= 4 is 29.1 Å². The van der Waals surface area contributed by atoms with Gasteiger partial charge < -0.3 is 14.7 Å². The molecular formula is C21H23ClN4O2. The Kier molecular flexibility index (Phi) is 5.48. The predicted molar refractivity (Wildman–Crippen MR) is 109 cm³/mol. The number of rotatable bonds is 3. The molecule has 6 nitrogen and oxygen atoms in total. The monoisotopic (exact) mass is 398 g/mol. The van der Waals surface area contributed by atoms with Gasteiger partial charge in [0.2, 0.25) is 0 Å². The fourth-order valence-corrected chi connectivity index (χ4v) is 3.98. The van der Waals surface area contributed by atoms with E-state index in [2.05, 4.69) is 9.88 Å². The topological polar surface area (TPSA) is 56.8 Å². The minimum absolute atomic E-state index is 0.0366. The highest BCUT2D eigenvalue weighted by molar-refractivity contribution is 6.30. The zero-order valence-electron chi connectivity index (χ0n) is 15.7. The van der Waals surface area contributed by atoms with Crippen LogP contribution in [-0.2, 0) is 0 Å². The standard InChI is InChI=1S/C21H23ClN4O2/c22-18-4-3-5-19(13-18)24-8-10-26(11-9-24)21(28)17-12-16(14-23-15-17)20(27)25-6-1-2-7-25/h3-5,12-15H,1-2,6-11H2. The quantitative estimate of drug-likeness (QED) is 0.797. The van der Waals surface area contributed by atoms with Crippen molar-refractivity contribution in [3.63, 3.8) is 0 Å². The van der Waals surface area contributed by atoms with Crippen LogP contribution in [0.3, 0.4) is 0 Å². The van der Waals surface area contributed by atoms with Crippen LogP contribution in [-0.4, -0.2) is 65.9 Å². The van der Waals surface area contributed by atoms with Crippen molar-refractivity contribution in [2.75, 3.05) is 44.2 Å². The molecule has 0 spiro atoms. The molecule has 0 N–H and O–H groups in total. The summed E-state index contributed by atoms with van der Waals surface area (Å²) in [6, 6.07) is 9.44. The Balaban J connectivity index is 1.41. The van der Waals surface area contributed by atoms with Crippen LogP contribution < -0.4 is 4.90 Å². The van der Waals surface area contributed by atoms with Crippen LogP contribution in [0.2, 0.25) is 5.02 Å². The second kappa shape index (κ2) is 8.19. The molecule has 2 amide bonds. The first kappa shape index (κ1) is 18.7. The summed E-state index contributed by atoms with van der Waals surface area (Å²) >= 11 is 6.08. The van der Waals surface area contributed by atoms with Crippen molar-refractivity contribution in [3.8, 4) is 0 Å². The Morgan fingerprint density at radius 3 is 2.04 bits per heavy atom. The molecular weight excluding hydrogens is 376 g/mol. The van der Waals surface area contributed by atoms with E-state index < -0.39 is 0 Å². The number of benzene rings is 1. The number of halogens is 1. The summed E-state index contributed by atoms with van der Waals surface area (Å²) in [5.74, 6) is -0.111. The number of piperazine rings is 1. The van der Waals surface area contributed by atoms with Crippen LogP contribution in [0, 0.1) is 0 Å². The minimum Gasteiger partial charge on any atom is -0.368 e. The van der Waals surface area contributed by atoms with Crippen LogP contribution in [0.1, 0.15) is 33.6 Å². The molecule has 2 aliphatic heterocycles. The first-order valence-corrected chi connectivity index (χ1v) is 10.0. The van der Waals surface area contributed by atoms with Gasteiger partial charge in [-0.1, -0.05) is 17.7 Å². The van der Waals surface area contributed by atoms with Crippen molar-refractivity contribution < 1.29 is 9.59 Å². The Morgan fingerprint density at radius 2 is 1.43 bits per heavy atom. The molecule has 2 aliphatic rings. The second-order valence-electron chi connectivity index (χ2n) is 7.22. The van der Waals surface area contributed by atoms with Crippen molar-refractivity contribution in [2.24, 2.45) is 0 Å². The lowest BCUT2D eigenvalue weighted by molar-refractivity contribution is 0.0746. The van der Waals surface area contributed by atoms with Crippen LogP contribution in [0.4, 0.5) is 5.69 Å². The second-order valence-corrected chi connectivity index (χ2v) is 7.66. The first-order chi connectivity index (χ1) is 13.6. The van der Waals surface area contributed by atoms with Crippen molar-refractivity contribution in [1.29, 1.82) is 0 Å². The fraction of sp³-hybridized carbons (Fsp3) is 0.381. The maximum Gasteiger partial charge on any atom is 0.255 e. The number of nitrogens with zero attached hydrogens (tertiary/aromatic N) is 4. The van der Waals surface area contributed by atoms with Crippen molar-refractivity contribution in [3.05, 3.63) is 58.9 Å². The molecule has 3 heterocycles. The van der Waals surface area contributed by atoms with E-state index in [1.807, 2.05) is 34.1 Å². The predicted octanol–water partition coefficient (Wildman–Crippen LogP) is 2.93. The average Bonchev–Trinajstić information content (AvgIpc) is 3.28.